The number of rotatable bonds is 8. The largest absolute Gasteiger partial charge is 0.393 e. The van der Waals surface area contributed by atoms with Gasteiger partial charge in [0, 0.05) is 18.8 Å². The van der Waals surface area contributed by atoms with Crippen molar-refractivity contribution in [3.63, 3.8) is 0 Å². The number of aliphatic hydroxyl groups is 1. The minimum absolute atomic E-state index is 0.00715. The first-order chi connectivity index (χ1) is 12.6. The summed E-state index contributed by atoms with van der Waals surface area (Å²) in [6, 6.07) is 4.05. The number of primary amides is 2. The number of amides is 2. The fourth-order valence-electron chi connectivity index (χ4n) is 3.64. The van der Waals surface area contributed by atoms with Gasteiger partial charge >= 0.3 is 0 Å². The standard InChI is InChI=1S/C19H24F3N2O3/c20-15-3-1-2-12(16(15)18(24)27)4-5-13(25)10-14(17(23)26)11-6-8-19(21,22)9-7-11/h1-3,5,11,13-14,25H,4,6-10H2,(H2,23,26)(H2,24,27). The van der Waals surface area contributed by atoms with E-state index in [4.69, 9.17) is 11.5 Å². The van der Waals surface area contributed by atoms with Crippen LogP contribution in [0.15, 0.2) is 18.2 Å². The zero-order valence-electron chi connectivity index (χ0n) is 14.8. The molecule has 5 nitrogen and oxygen atoms in total. The molecule has 1 fully saturated rings. The predicted octanol–water partition coefficient (Wildman–Crippen LogP) is 2.35. The first-order valence-corrected chi connectivity index (χ1v) is 8.86. The van der Waals surface area contributed by atoms with E-state index in [2.05, 4.69) is 0 Å². The Bertz CT molecular complexity index is 687. The summed E-state index contributed by atoms with van der Waals surface area (Å²) in [6.45, 7) is 0. The molecular formula is C19H24F3N2O3. The molecule has 0 aliphatic heterocycles. The van der Waals surface area contributed by atoms with Gasteiger partial charge in [0.2, 0.25) is 11.8 Å². The predicted molar refractivity (Wildman–Crippen MR) is 93.1 cm³/mol. The van der Waals surface area contributed by atoms with E-state index in [0.717, 1.165) is 6.07 Å². The third-order valence-electron chi connectivity index (χ3n) is 5.15. The van der Waals surface area contributed by atoms with Gasteiger partial charge in [-0.2, -0.15) is 0 Å². The van der Waals surface area contributed by atoms with Gasteiger partial charge in [0.15, 0.2) is 0 Å². The summed E-state index contributed by atoms with van der Waals surface area (Å²) in [5.41, 5.74) is 10.7. The van der Waals surface area contributed by atoms with Crippen molar-refractivity contribution < 1.29 is 27.9 Å². The highest BCUT2D eigenvalue weighted by molar-refractivity contribution is 5.94. The van der Waals surface area contributed by atoms with E-state index < -0.39 is 35.6 Å². The normalized spacial score (nSPS) is 19.4. The molecular weight excluding hydrogens is 361 g/mol. The smallest absolute Gasteiger partial charge is 0.251 e. The lowest BCUT2D eigenvalue weighted by Crippen LogP contribution is -2.37. The van der Waals surface area contributed by atoms with Crippen molar-refractivity contribution >= 4 is 11.8 Å². The molecule has 2 unspecified atom stereocenters. The van der Waals surface area contributed by atoms with E-state index in [1.807, 2.05) is 0 Å². The molecule has 5 N–H and O–H groups in total. The summed E-state index contributed by atoms with van der Waals surface area (Å²) < 4.78 is 40.4. The third kappa shape index (κ3) is 5.69. The number of benzene rings is 1. The van der Waals surface area contributed by atoms with Crippen molar-refractivity contribution in [2.75, 3.05) is 0 Å². The summed E-state index contributed by atoms with van der Waals surface area (Å²) in [6.07, 6.45) is 0.159. The second-order valence-corrected chi connectivity index (χ2v) is 7.08. The van der Waals surface area contributed by atoms with Gasteiger partial charge in [-0.05, 0) is 49.7 Å². The lowest BCUT2D eigenvalue weighted by Gasteiger charge is -2.33. The van der Waals surface area contributed by atoms with E-state index in [0.29, 0.717) is 5.56 Å². The van der Waals surface area contributed by atoms with Crippen LogP contribution in [0.5, 0.6) is 0 Å². The monoisotopic (exact) mass is 385 g/mol. The minimum Gasteiger partial charge on any atom is -0.393 e. The van der Waals surface area contributed by atoms with Crippen molar-refractivity contribution in [1.82, 2.24) is 0 Å². The first kappa shape index (κ1) is 21.2. The van der Waals surface area contributed by atoms with Crippen LogP contribution >= 0.6 is 0 Å². The Morgan fingerprint density at radius 2 is 1.89 bits per heavy atom. The van der Waals surface area contributed by atoms with Crippen molar-refractivity contribution in [2.24, 2.45) is 23.3 Å². The van der Waals surface area contributed by atoms with E-state index in [-0.39, 0.29) is 50.0 Å². The summed E-state index contributed by atoms with van der Waals surface area (Å²) >= 11 is 0. The van der Waals surface area contributed by atoms with E-state index >= 15 is 0 Å². The lowest BCUT2D eigenvalue weighted by molar-refractivity contribution is -0.127. The van der Waals surface area contributed by atoms with Gasteiger partial charge in [-0.3, -0.25) is 9.59 Å². The Kier molecular flexibility index (Phi) is 6.86. The number of hydrogen-bond donors (Lipinski definition) is 3. The van der Waals surface area contributed by atoms with Gasteiger partial charge in [0.1, 0.15) is 5.82 Å². The topological polar surface area (TPSA) is 106 Å². The summed E-state index contributed by atoms with van der Waals surface area (Å²) in [7, 11) is 0. The average molecular weight is 385 g/mol. The fraction of sp³-hybridized carbons (Fsp3) is 0.526. The highest BCUT2D eigenvalue weighted by atomic mass is 19.3. The zero-order valence-corrected chi connectivity index (χ0v) is 14.8. The number of aliphatic hydroxyl groups excluding tert-OH is 1. The van der Waals surface area contributed by atoms with Gasteiger partial charge in [-0.15, -0.1) is 0 Å². The number of nitrogens with two attached hydrogens (primary N) is 2. The maximum Gasteiger partial charge on any atom is 0.251 e. The molecule has 8 heteroatoms. The number of halogens is 3. The van der Waals surface area contributed by atoms with Gasteiger partial charge in [-0.25, -0.2) is 13.2 Å². The molecule has 1 aliphatic rings. The van der Waals surface area contributed by atoms with E-state index in [1.54, 1.807) is 0 Å². The highest BCUT2D eigenvalue weighted by Gasteiger charge is 2.39. The molecule has 1 saturated carbocycles. The molecule has 1 aromatic rings. The van der Waals surface area contributed by atoms with Gasteiger partial charge in [0.05, 0.1) is 11.7 Å². The Balaban J connectivity index is 1.97. The van der Waals surface area contributed by atoms with Crippen LogP contribution in [0.2, 0.25) is 0 Å². The molecule has 1 aromatic carbocycles. The Hall–Kier alpha value is -2.09. The number of hydrogen-bond acceptors (Lipinski definition) is 3. The van der Waals surface area contributed by atoms with Crippen LogP contribution < -0.4 is 11.5 Å². The molecule has 1 aliphatic carbocycles. The molecule has 0 saturated heterocycles. The maximum absolute atomic E-state index is 13.7. The first-order valence-electron chi connectivity index (χ1n) is 8.86. The highest BCUT2D eigenvalue weighted by Crippen LogP contribution is 2.40. The maximum atomic E-state index is 13.7. The zero-order chi connectivity index (χ0) is 20.2. The van der Waals surface area contributed by atoms with E-state index in [9.17, 15) is 27.9 Å². The minimum atomic E-state index is -2.72. The van der Waals surface area contributed by atoms with Gasteiger partial charge < -0.3 is 16.6 Å². The molecule has 0 aromatic heterocycles. The van der Waals surface area contributed by atoms with Crippen LogP contribution in [0.4, 0.5) is 13.2 Å². The molecule has 0 spiro atoms. The fourth-order valence-corrected chi connectivity index (χ4v) is 3.64. The summed E-state index contributed by atoms with van der Waals surface area (Å²) in [4.78, 5) is 23.2. The van der Waals surface area contributed by atoms with Crippen LogP contribution in [0.25, 0.3) is 0 Å². The third-order valence-corrected chi connectivity index (χ3v) is 5.15. The van der Waals surface area contributed by atoms with Gasteiger partial charge in [0.25, 0.3) is 5.91 Å². The van der Waals surface area contributed by atoms with Crippen molar-refractivity contribution in [1.29, 1.82) is 0 Å². The molecule has 1 radical (unpaired) electrons. The van der Waals surface area contributed by atoms with Crippen LogP contribution in [-0.2, 0) is 11.2 Å². The number of carbonyl (C=O) groups excluding carboxylic acids is 2. The molecule has 27 heavy (non-hydrogen) atoms. The quantitative estimate of drug-likeness (QED) is 0.639. The average Bonchev–Trinajstić information content (AvgIpc) is 2.57. The van der Waals surface area contributed by atoms with Crippen molar-refractivity contribution in [2.45, 2.75) is 50.6 Å². The van der Waals surface area contributed by atoms with Gasteiger partial charge in [-0.1, -0.05) is 12.1 Å². The SMILES string of the molecule is NC(=O)c1c(F)cccc1C[CH]C(O)CC(C(N)=O)C1CCC(F)(F)CC1. The molecule has 0 bridgehead atoms. The van der Waals surface area contributed by atoms with Crippen LogP contribution in [0, 0.1) is 24.1 Å². The summed E-state index contributed by atoms with van der Waals surface area (Å²) in [5, 5.41) is 10.2. The van der Waals surface area contributed by atoms with Crippen LogP contribution in [-0.4, -0.2) is 28.9 Å². The van der Waals surface area contributed by atoms with Crippen LogP contribution in [0.3, 0.4) is 0 Å². The van der Waals surface area contributed by atoms with Crippen molar-refractivity contribution in [3.8, 4) is 0 Å². The second-order valence-electron chi connectivity index (χ2n) is 7.08. The Labute approximate surface area is 155 Å². The lowest BCUT2D eigenvalue weighted by atomic mass is 9.75. The molecule has 2 amide bonds. The molecule has 2 rings (SSSR count). The molecule has 149 valence electrons. The van der Waals surface area contributed by atoms with Crippen LogP contribution in [0.1, 0.15) is 48.0 Å². The Morgan fingerprint density at radius 1 is 1.26 bits per heavy atom. The Morgan fingerprint density at radius 3 is 2.44 bits per heavy atom. The molecule has 0 heterocycles. The number of carbonyl (C=O) groups is 2. The molecule has 2 atom stereocenters. The summed E-state index contributed by atoms with van der Waals surface area (Å²) in [5.74, 6) is -6.05. The number of alkyl halides is 2. The van der Waals surface area contributed by atoms with Crippen molar-refractivity contribution in [3.05, 3.63) is 41.6 Å². The second kappa shape index (κ2) is 8.73. The van der Waals surface area contributed by atoms with E-state index in [1.165, 1.54) is 18.6 Å².